The topological polar surface area (TPSA) is 102 Å². The van der Waals surface area contributed by atoms with Gasteiger partial charge in [-0.1, -0.05) is 25.5 Å². The van der Waals surface area contributed by atoms with Gasteiger partial charge in [0.1, 0.15) is 17.8 Å². The lowest BCUT2D eigenvalue weighted by molar-refractivity contribution is -0.140. The number of sulfonamides is 1. The molecule has 0 spiro atoms. The minimum Gasteiger partial charge on any atom is -0.468 e. The molecular formula is C19H24N4O5S. The van der Waals surface area contributed by atoms with Gasteiger partial charge >= 0.3 is 5.97 Å². The maximum atomic E-state index is 13.2. The van der Waals surface area contributed by atoms with Crippen molar-refractivity contribution in [3.05, 3.63) is 42.0 Å². The number of carbonyl (C=O) groups excluding carboxylic acids is 2. The predicted octanol–water partition coefficient (Wildman–Crippen LogP) is 1.42. The zero-order chi connectivity index (χ0) is 21.2. The molecule has 2 heterocycles. The molecule has 1 aliphatic rings. The number of carbonyl (C=O) groups is 2. The molecule has 0 N–H and O–H groups in total. The van der Waals surface area contributed by atoms with Crippen LogP contribution in [0.2, 0.25) is 0 Å². The zero-order valence-electron chi connectivity index (χ0n) is 16.7. The van der Waals surface area contributed by atoms with E-state index in [2.05, 4.69) is 9.72 Å². The van der Waals surface area contributed by atoms with Crippen LogP contribution in [-0.4, -0.2) is 66.3 Å². The SMILES string of the molecule is CCCCN(C)C(=O)c1ncn2c1CN(CC(=O)OC)S(=O)(=O)c1ccccc1-2. The molecule has 0 unspecified atom stereocenters. The quantitative estimate of drug-likeness (QED) is 0.655. The summed E-state index contributed by atoms with van der Waals surface area (Å²) in [4.78, 5) is 30.7. The third kappa shape index (κ3) is 3.90. The molecule has 3 rings (SSSR count). The lowest BCUT2D eigenvalue weighted by Crippen LogP contribution is -2.36. The van der Waals surface area contributed by atoms with Crippen LogP contribution < -0.4 is 0 Å². The van der Waals surface area contributed by atoms with E-state index in [-0.39, 0.29) is 23.0 Å². The van der Waals surface area contributed by atoms with Crippen LogP contribution >= 0.6 is 0 Å². The number of hydrogen-bond acceptors (Lipinski definition) is 6. The van der Waals surface area contributed by atoms with E-state index in [4.69, 9.17) is 0 Å². The third-order valence-corrected chi connectivity index (χ3v) is 6.70. The number of nitrogens with zero attached hydrogens (tertiary/aromatic N) is 4. The van der Waals surface area contributed by atoms with Crippen LogP contribution in [0.1, 0.15) is 35.9 Å². The highest BCUT2D eigenvalue weighted by Gasteiger charge is 2.36. The highest BCUT2D eigenvalue weighted by molar-refractivity contribution is 7.89. The Morgan fingerprint density at radius 3 is 2.69 bits per heavy atom. The maximum absolute atomic E-state index is 13.2. The van der Waals surface area contributed by atoms with Crippen LogP contribution in [0.15, 0.2) is 35.5 Å². The summed E-state index contributed by atoms with van der Waals surface area (Å²) in [5, 5.41) is 0. The summed E-state index contributed by atoms with van der Waals surface area (Å²) in [5.41, 5.74) is 0.971. The van der Waals surface area contributed by atoms with E-state index in [0.717, 1.165) is 17.1 Å². The highest BCUT2D eigenvalue weighted by Crippen LogP contribution is 2.31. The second-order valence-electron chi connectivity index (χ2n) is 6.81. The Bertz CT molecular complexity index is 1030. The molecule has 0 fully saturated rings. The Balaban J connectivity index is 2.12. The lowest BCUT2D eigenvalue weighted by atomic mass is 10.2. The summed E-state index contributed by atoms with van der Waals surface area (Å²) in [6.45, 7) is 1.97. The van der Waals surface area contributed by atoms with Crippen molar-refractivity contribution in [2.45, 2.75) is 31.2 Å². The van der Waals surface area contributed by atoms with Crippen molar-refractivity contribution in [2.24, 2.45) is 0 Å². The van der Waals surface area contributed by atoms with Crippen molar-refractivity contribution in [1.29, 1.82) is 0 Å². The van der Waals surface area contributed by atoms with Crippen LogP contribution in [-0.2, 0) is 26.1 Å². The monoisotopic (exact) mass is 420 g/mol. The van der Waals surface area contributed by atoms with Gasteiger partial charge in [-0.25, -0.2) is 13.4 Å². The molecule has 9 nitrogen and oxygen atoms in total. The number of rotatable bonds is 6. The van der Waals surface area contributed by atoms with Gasteiger partial charge in [-0.2, -0.15) is 4.31 Å². The number of hydrogen-bond donors (Lipinski definition) is 0. The van der Waals surface area contributed by atoms with Gasteiger partial charge in [0.05, 0.1) is 25.0 Å². The van der Waals surface area contributed by atoms with Gasteiger partial charge in [0.2, 0.25) is 10.0 Å². The molecule has 29 heavy (non-hydrogen) atoms. The Hall–Kier alpha value is -2.72. The molecule has 1 amide bonds. The molecule has 0 saturated heterocycles. The van der Waals surface area contributed by atoms with E-state index < -0.39 is 22.5 Å². The summed E-state index contributed by atoms with van der Waals surface area (Å²) >= 11 is 0. The molecule has 156 valence electrons. The molecule has 10 heteroatoms. The fourth-order valence-electron chi connectivity index (χ4n) is 3.20. The third-order valence-electron chi connectivity index (χ3n) is 4.86. The summed E-state index contributed by atoms with van der Waals surface area (Å²) < 4.78 is 33.7. The first-order valence-corrected chi connectivity index (χ1v) is 10.7. The van der Waals surface area contributed by atoms with Gasteiger partial charge in [-0.15, -0.1) is 0 Å². The Kier molecular flexibility index (Phi) is 6.04. The molecule has 1 aromatic carbocycles. The van der Waals surface area contributed by atoms with Crippen molar-refractivity contribution in [3.63, 3.8) is 0 Å². The fraction of sp³-hybridized carbons (Fsp3) is 0.421. The van der Waals surface area contributed by atoms with Crippen molar-refractivity contribution in [2.75, 3.05) is 27.2 Å². The number of benzene rings is 1. The Morgan fingerprint density at radius 1 is 1.28 bits per heavy atom. The summed E-state index contributed by atoms with van der Waals surface area (Å²) in [5.74, 6) is -0.978. The predicted molar refractivity (Wildman–Crippen MR) is 105 cm³/mol. The number of fused-ring (bicyclic) bond motifs is 3. The second kappa shape index (κ2) is 8.34. The average molecular weight is 420 g/mol. The zero-order valence-corrected chi connectivity index (χ0v) is 17.5. The van der Waals surface area contributed by atoms with Crippen molar-refractivity contribution >= 4 is 21.9 Å². The molecule has 1 aliphatic heterocycles. The lowest BCUT2D eigenvalue weighted by Gasteiger charge is -2.20. The number of aromatic nitrogens is 2. The fourth-order valence-corrected chi connectivity index (χ4v) is 4.73. The van der Waals surface area contributed by atoms with Crippen LogP contribution in [0, 0.1) is 0 Å². The average Bonchev–Trinajstić information content (AvgIpc) is 3.10. The van der Waals surface area contributed by atoms with E-state index in [1.807, 2.05) is 6.92 Å². The summed E-state index contributed by atoms with van der Waals surface area (Å²) in [6, 6.07) is 6.44. The molecule has 0 radical (unpaired) electrons. The number of unbranched alkanes of at least 4 members (excludes halogenated alkanes) is 1. The van der Waals surface area contributed by atoms with Crippen molar-refractivity contribution in [1.82, 2.24) is 18.8 Å². The Labute approximate surface area is 169 Å². The van der Waals surface area contributed by atoms with E-state index in [1.54, 1.807) is 34.7 Å². The number of methoxy groups -OCH3 is 1. The van der Waals surface area contributed by atoms with Crippen molar-refractivity contribution in [3.8, 4) is 5.69 Å². The van der Waals surface area contributed by atoms with Crippen LogP contribution in [0.3, 0.4) is 0 Å². The smallest absolute Gasteiger partial charge is 0.321 e. The van der Waals surface area contributed by atoms with Crippen LogP contribution in [0.25, 0.3) is 5.69 Å². The standard InChI is InChI=1S/C19H24N4O5S/c1-4-5-10-21(2)19(25)18-15-11-22(12-17(24)28-3)29(26,27)16-9-7-6-8-14(16)23(15)13-20-18/h6-9,13H,4-5,10-12H2,1-3H3. The number of para-hydroxylation sites is 1. The van der Waals surface area contributed by atoms with E-state index >= 15 is 0 Å². The van der Waals surface area contributed by atoms with Gasteiger partial charge < -0.3 is 9.64 Å². The maximum Gasteiger partial charge on any atom is 0.321 e. The Morgan fingerprint density at radius 2 is 2.00 bits per heavy atom. The molecule has 0 aliphatic carbocycles. The molecule has 0 bridgehead atoms. The summed E-state index contributed by atoms with van der Waals surface area (Å²) in [7, 11) is -1.09. The molecule has 0 atom stereocenters. The summed E-state index contributed by atoms with van der Waals surface area (Å²) in [6.07, 6.45) is 3.24. The van der Waals surface area contributed by atoms with Crippen LogP contribution in [0.5, 0.6) is 0 Å². The van der Waals surface area contributed by atoms with E-state index in [0.29, 0.717) is 17.9 Å². The first-order chi connectivity index (χ1) is 13.8. The number of esters is 1. The first-order valence-electron chi connectivity index (χ1n) is 9.29. The first kappa shape index (κ1) is 21.0. The van der Waals surface area contributed by atoms with Crippen molar-refractivity contribution < 1.29 is 22.7 Å². The molecule has 2 aromatic rings. The van der Waals surface area contributed by atoms with E-state index in [9.17, 15) is 18.0 Å². The normalized spacial score (nSPS) is 15.1. The molecular weight excluding hydrogens is 396 g/mol. The van der Waals surface area contributed by atoms with Gasteiger partial charge in [-0.3, -0.25) is 14.2 Å². The van der Waals surface area contributed by atoms with Crippen LogP contribution in [0.4, 0.5) is 0 Å². The minimum absolute atomic E-state index is 0.0402. The number of imidazole rings is 1. The van der Waals surface area contributed by atoms with E-state index in [1.165, 1.54) is 19.5 Å². The number of ether oxygens (including phenoxy) is 1. The second-order valence-corrected chi connectivity index (χ2v) is 8.71. The van der Waals surface area contributed by atoms with Gasteiger partial charge in [0.15, 0.2) is 5.69 Å². The van der Waals surface area contributed by atoms with Gasteiger partial charge in [-0.05, 0) is 18.6 Å². The number of amides is 1. The molecule has 0 saturated carbocycles. The van der Waals surface area contributed by atoms with Gasteiger partial charge in [0, 0.05) is 13.6 Å². The molecule has 1 aromatic heterocycles. The largest absolute Gasteiger partial charge is 0.468 e. The van der Waals surface area contributed by atoms with Gasteiger partial charge in [0.25, 0.3) is 5.91 Å². The minimum atomic E-state index is -3.98. The highest BCUT2D eigenvalue weighted by atomic mass is 32.2.